The summed E-state index contributed by atoms with van der Waals surface area (Å²) in [5.74, 6) is 1.26. The second-order valence-electron chi connectivity index (χ2n) is 12.5. The van der Waals surface area contributed by atoms with E-state index in [0.29, 0.717) is 24.7 Å². The minimum absolute atomic E-state index is 0.0739. The molecule has 0 radical (unpaired) electrons. The molecule has 0 heterocycles. The summed E-state index contributed by atoms with van der Waals surface area (Å²) in [6, 6.07) is 0. The van der Waals surface area contributed by atoms with Gasteiger partial charge in [-0.1, -0.05) is 13.8 Å². The van der Waals surface area contributed by atoms with Gasteiger partial charge in [0.05, 0.1) is 10.8 Å². The predicted molar refractivity (Wildman–Crippen MR) is 119 cm³/mol. The first-order valence-corrected chi connectivity index (χ1v) is 12.1. The van der Waals surface area contributed by atoms with E-state index >= 15 is 0 Å². The van der Waals surface area contributed by atoms with E-state index in [4.69, 9.17) is 4.74 Å². The molecule has 0 aromatic rings. The molecule has 5 nitrogen and oxygen atoms in total. The molecular formula is C26H42O5. The highest BCUT2D eigenvalue weighted by atomic mass is 16.6. The quantitative estimate of drug-likeness (QED) is 0.475. The van der Waals surface area contributed by atoms with Crippen LogP contribution in [0.4, 0.5) is 0 Å². The van der Waals surface area contributed by atoms with Crippen molar-refractivity contribution in [1.29, 1.82) is 0 Å². The summed E-state index contributed by atoms with van der Waals surface area (Å²) in [6.07, 6.45) is 7.06. The zero-order valence-corrected chi connectivity index (χ0v) is 20.5. The van der Waals surface area contributed by atoms with Gasteiger partial charge in [-0.2, -0.15) is 0 Å². The number of carbonyl (C=O) groups excluding carboxylic acids is 2. The molecule has 0 aromatic carbocycles. The van der Waals surface area contributed by atoms with Gasteiger partial charge in [-0.05, 0) is 110 Å². The Kier molecular flexibility index (Phi) is 6.17. The third-order valence-electron chi connectivity index (χ3n) is 9.39. The Labute approximate surface area is 187 Å². The molecule has 4 aliphatic carbocycles. The smallest absolute Gasteiger partial charge is 0.312 e. The molecule has 2 unspecified atom stereocenters. The average Bonchev–Trinajstić information content (AvgIpc) is 2.64. The van der Waals surface area contributed by atoms with Crippen LogP contribution in [-0.4, -0.2) is 28.4 Å². The van der Waals surface area contributed by atoms with Crippen molar-refractivity contribution in [2.45, 2.75) is 105 Å². The summed E-state index contributed by atoms with van der Waals surface area (Å²) >= 11 is 0. The lowest BCUT2D eigenvalue weighted by Crippen LogP contribution is -2.59. The molecule has 0 amide bonds. The Morgan fingerprint density at radius 3 is 1.77 bits per heavy atom. The Hall–Kier alpha value is -1.39. The zero-order valence-electron chi connectivity index (χ0n) is 20.5. The van der Waals surface area contributed by atoms with Gasteiger partial charge >= 0.3 is 11.9 Å². The highest BCUT2D eigenvalue weighted by Crippen LogP contribution is 2.60. The molecule has 4 saturated carbocycles. The number of hydrogen-bond acceptors (Lipinski definition) is 4. The Bertz CT molecular complexity index is 725. The molecule has 0 spiro atoms. The molecule has 4 rings (SSSR count). The van der Waals surface area contributed by atoms with Crippen LogP contribution in [0.3, 0.4) is 0 Å². The van der Waals surface area contributed by atoms with E-state index in [0.717, 1.165) is 37.5 Å². The van der Waals surface area contributed by atoms with Crippen molar-refractivity contribution in [3.63, 3.8) is 0 Å². The van der Waals surface area contributed by atoms with Crippen molar-refractivity contribution in [3.8, 4) is 0 Å². The van der Waals surface area contributed by atoms with Crippen molar-refractivity contribution in [3.05, 3.63) is 0 Å². The highest BCUT2D eigenvalue weighted by molar-refractivity contribution is 5.85. The Balaban J connectivity index is 1.81. The van der Waals surface area contributed by atoms with E-state index in [1.165, 1.54) is 13.3 Å². The second kappa shape index (κ2) is 7.88. The molecule has 0 saturated heterocycles. The molecule has 31 heavy (non-hydrogen) atoms. The maximum absolute atomic E-state index is 13.6. The van der Waals surface area contributed by atoms with Crippen LogP contribution in [0.15, 0.2) is 0 Å². The second-order valence-corrected chi connectivity index (χ2v) is 12.5. The SMILES string of the molecule is CCC(C)(CC(C)(CC(C)(C)C(=O)O)C(C)=O)C(=O)OC1(C)C2CC3CC(C2)CC1C3. The lowest BCUT2D eigenvalue weighted by atomic mass is 9.50. The molecule has 5 heteroatoms. The molecule has 4 bridgehead atoms. The maximum Gasteiger partial charge on any atom is 0.312 e. The van der Waals surface area contributed by atoms with Gasteiger partial charge in [-0.3, -0.25) is 14.4 Å². The Morgan fingerprint density at radius 1 is 0.903 bits per heavy atom. The summed E-state index contributed by atoms with van der Waals surface area (Å²) in [5.41, 5.74) is -3.19. The van der Waals surface area contributed by atoms with Gasteiger partial charge in [0.2, 0.25) is 0 Å². The summed E-state index contributed by atoms with van der Waals surface area (Å²) in [6.45, 7) is 12.6. The summed E-state index contributed by atoms with van der Waals surface area (Å²) in [4.78, 5) is 38.1. The minimum Gasteiger partial charge on any atom is -0.481 e. The number of ether oxygens (including phenoxy) is 1. The zero-order chi connectivity index (χ0) is 23.4. The lowest BCUT2D eigenvalue weighted by Gasteiger charge is -2.59. The number of aliphatic carboxylic acids is 1. The van der Waals surface area contributed by atoms with Crippen molar-refractivity contribution in [2.24, 2.45) is 39.9 Å². The minimum atomic E-state index is -1.05. The van der Waals surface area contributed by atoms with Crippen LogP contribution >= 0.6 is 0 Å². The molecular weight excluding hydrogens is 392 g/mol. The van der Waals surface area contributed by atoms with Crippen LogP contribution in [0.2, 0.25) is 0 Å². The van der Waals surface area contributed by atoms with E-state index in [-0.39, 0.29) is 18.2 Å². The van der Waals surface area contributed by atoms with Crippen LogP contribution in [0.5, 0.6) is 0 Å². The predicted octanol–water partition coefficient (Wildman–Crippen LogP) is 5.65. The highest BCUT2D eigenvalue weighted by Gasteiger charge is 2.58. The molecule has 4 fully saturated rings. The molecule has 176 valence electrons. The monoisotopic (exact) mass is 434 g/mol. The van der Waals surface area contributed by atoms with Gasteiger partial charge < -0.3 is 9.84 Å². The first-order chi connectivity index (χ1) is 14.1. The van der Waals surface area contributed by atoms with E-state index in [9.17, 15) is 19.5 Å². The number of Topliss-reactive ketones (excluding diaryl/α,β-unsaturated/α-hetero) is 1. The first-order valence-electron chi connectivity index (χ1n) is 12.1. The summed E-state index contributed by atoms with van der Waals surface area (Å²) < 4.78 is 6.41. The van der Waals surface area contributed by atoms with E-state index in [1.807, 2.05) is 20.8 Å². The molecule has 1 N–H and O–H groups in total. The van der Waals surface area contributed by atoms with Crippen LogP contribution in [0.25, 0.3) is 0 Å². The van der Waals surface area contributed by atoms with Gasteiger partial charge in [0.1, 0.15) is 11.4 Å². The topological polar surface area (TPSA) is 80.7 Å². The van der Waals surface area contributed by atoms with Crippen LogP contribution in [0.1, 0.15) is 99.8 Å². The van der Waals surface area contributed by atoms with Crippen LogP contribution in [0, 0.1) is 39.9 Å². The van der Waals surface area contributed by atoms with Crippen molar-refractivity contribution in [1.82, 2.24) is 0 Å². The fraction of sp³-hybridized carbons (Fsp3) is 0.885. The van der Waals surface area contributed by atoms with E-state index < -0.39 is 27.8 Å². The van der Waals surface area contributed by atoms with Crippen molar-refractivity contribution in [2.75, 3.05) is 0 Å². The van der Waals surface area contributed by atoms with E-state index in [2.05, 4.69) is 6.92 Å². The number of rotatable bonds is 9. The number of esters is 1. The van der Waals surface area contributed by atoms with Gasteiger partial charge in [-0.25, -0.2) is 0 Å². The fourth-order valence-corrected chi connectivity index (χ4v) is 7.17. The summed E-state index contributed by atoms with van der Waals surface area (Å²) in [7, 11) is 0. The summed E-state index contributed by atoms with van der Waals surface area (Å²) in [5, 5.41) is 9.62. The Morgan fingerprint density at radius 2 is 1.39 bits per heavy atom. The normalized spacial score (nSPS) is 35.8. The number of ketones is 1. The molecule has 0 aromatic heterocycles. The van der Waals surface area contributed by atoms with Crippen molar-refractivity contribution < 1.29 is 24.2 Å². The van der Waals surface area contributed by atoms with Gasteiger partial charge in [0.15, 0.2) is 0 Å². The maximum atomic E-state index is 13.6. The number of hydrogen-bond donors (Lipinski definition) is 1. The fourth-order valence-electron chi connectivity index (χ4n) is 7.17. The largest absolute Gasteiger partial charge is 0.481 e. The number of carboxylic acids is 1. The van der Waals surface area contributed by atoms with Crippen molar-refractivity contribution >= 4 is 17.7 Å². The van der Waals surface area contributed by atoms with Gasteiger partial charge in [-0.15, -0.1) is 0 Å². The number of carbonyl (C=O) groups is 3. The molecule has 0 aliphatic heterocycles. The number of carboxylic acid groups (broad SMARTS) is 1. The standard InChI is InChI=1S/C26H42O5/c1-8-24(5,15-25(6,16(2)27)14-23(3,4)21(28)29)22(30)31-26(7)19-10-17-9-18(12-19)13-20(26)11-17/h17-20H,8-15H2,1-7H3,(H,28,29). The first kappa shape index (κ1) is 24.3. The third kappa shape index (κ3) is 4.30. The molecule has 4 aliphatic rings. The molecule has 2 atom stereocenters. The van der Waals surface area contributed by atoms with Crippen LogP contribution < -0.4 is 0 Å². The third-order valence-corrected chi connectivity index (χ3v) is 9.39. The average molecular weight is 435 g/mol. The van der Waals surface area contributed by atoms with E-state index in [1.54, 1.807) is 13.8 Å². The lowest BCUT2D eigenvalue weighted by molar-refractivity contribution is -0.213. The van der Waals surface area contributed by atoms with Gasteiger partial charge in [0.25, 0.3) is 0 Å². The van der Waals surface area contributed by atoms with Gasteiger partial charge in [0, 0.05) is 5.41 Å². The van der Waals surface area contributed by atoms with Crippen LogP contribution in [-0.2, 0) is 19.1 Å².